The second-order valence-corrected chi connectivity index (χ2v) is 3.14. The molecule has 1 atom stereocenters. The molecule has 0 N–H and O–H groups in total. The summed E-state index contributed by atoms with van der Waals surface area (Å²) in [5, 5.41) is 10.7. The first kappa shape index (κ1) is 8.74. The monoisotopic (exact) mass is 189 g/mol. The molecule has 0 fully saturated rings. The topological polar surface area (TPSA) is 57.9 Å². The average molecular weight is 189 g/mol. The van der Waals surface area contributed by atoms with Crippen molar-refractivity contribution in [3.05, 3.63) is 30.6 Å². The SMILES string of the molecule is CC(C(=O)[O-])n1cnc2ccccc21. The van der Waals surface area contributed by atoms with Gasteiger partial charge in [-0.1, -0.05) is 12.1 Å². The fourth-order valence-corrected chi connectivity index (χ4v) is 1.40. The third-order valence-corrected chi connectivity index (χ3v) is 2.24. The van der Waals surface area contributed by atoms with Crippen molar-refractivity contribution in [1.82, 2.24) is 9.55 Å². The highest BCUT2D eigenvalue weighted by Gasteiger charge is 2.08. The van der Waals surface area contributed by atoms with Crippen molar-refractivity contribution >= 4 is 17.0 Å². The van der Waals surface area contributed by atoms with E-state index in [1.165, 1.54) is 6.33 Å². The van der Waals surface area contributed by atoms with E-state index >= 15 is 0 Å². The maximum Gasteiger partial charge on any atom is 0.0964 e. The second kappa shape index (κ2) is 3.14. The average Bonchev–Trinajstić information content (AvgIpc) is 2.60. The van der Waals surface area contributed by atoms with Crippen molar-refractivity contribution in [3.63, 3.8) is 0 Å². The normalized spacial score (nSPS) is 12.9. The van der Waals surface area contributed by atoms with Gasteiger partial charge in [-0.05, 0) is 19.1 Å². The standard InChI is InChI=1S/C10H10N2O2/c1-7(10(13)14)12-6-11-8-4-2-3-5-9(8)12/h2-7H,1H3,(H,13,14)/p-1. The van der Waals surface area contributed by atoms with E-state index in [-0.39, 0.29) is 0 Å². The number of benzene rings is 1. The molecular weight excluding hydrogens is 180 g/mol. The first-order valence-corrected chi connectivity index (χ1v) is 4.32. The molecule has 0 aliphatic heterocycles. The maximum atomic E-state index is 10.7. The van der Waals surface area contributed by atoms with Crippen LogP contribution in [0.1, 0.15) is 13.0 Å². The molecule has 4 nitrogen and oxygen atoms in total. The Morgan fingerprint density at radius 1 is 1.50 bits per heavy atom. The highest BCUT2D eigenvalue weighted by molar-refractivity contribution is 5.78. The van der Waals surface area contributed by atoms with Gasteiger partial charge in [0.15, 0.2) is 0 Å². The zero-order chi connectivity index (χ0) is 10.1. The Balaban J connectivity index is 2.58. The van der Waals surface area contributed by atoms with E-state index in [1.807, 2.05) is 24.3 Å². The first-order valence-electron chi connectivity index (χ1n) is 4.32. The van der Waals surface area contributed by atoms with Crippen LogP contribution < -0.4 is 5.11 Å². The minimum Gasteiger partial charge on any atom is -0.548 e. The van der Waals surface area contributed by atoms with Gasteiger partial charge in [0.25, 0.3) is 0 Å². The molecule has 0 radical (unpaired) electrons. The summed E-state index contributed by atoms with van der Waals surface area (Å²) in [5.41, 5.74) is 1.60. The van der Waals surface area contributed by atoms with Gasteiger partial charge in [0.2, 0.25) is 0 Å². The van der Waals surface area contributed by atoms with Gasteiger partial charge in [0.1, 0.15) is 0 Å². The number of imidazole rings is 1. The molecule has 0 amide bonds. The maximum absolute atomic E-state index is 10.7. The van der Waals surface area contributed by atoms with Crippen LogP contribution in [0.4, 0.5) is 0 Å². The lowest BCUT2D eigenvalue weighted by molar-refractivity contribution is -0.309. The van der Waals surface area contributed by atoms with Crippen molar-refractivity contribution in [2.24, 2.45) is 0 Å². The van der Waals surface area contributed by atoms with Crippen LogP contribution in [0.15, 0.2) is 30.6 Å². The Bertz CT molecular complexity index is 476. The Morgan fingerprint density at radius 3 is 2.93 bits per heavy atom. The number of aliphatic carboxylic acids is 1. The van der Waals surface area contributed by atoms with Gasteiger partial charge >= 0.3 is 0 Å². The fourth-order valence-electron chi connectivity index (χ4n) is 1.40. The van der Waals surface area contributed by atoms with Crippen molar-refractivity contribution in [2.75, 3.05) is 0 Å². The molecule has 14 heavy (non-hydrogen) atoms. The van der Waals surface area contributed by atoms with Crippen molar-refractivity contribution < 1.29 is 9.90 Å². The summed E-state index contributed by atoms with van der Waals surface area (Å²) in [6.45, 7) is 1.57. The predicted molar refractivity (Wildman–Crippen MR) is 49.5 cm³/mol. The highest BCUT2D eigenvalue weighted by Crippen LogP contribution is 2.16. The molecule has 1 aromatic heterocycles. The first-order chi connectivity index (χ1) is 6.70. The Kier molecular flexibility index (Phi) is 1.96. The number of para-hydroxylation sites is 2. The molecule has 72 valence electrons. The minimum absolute atomic E-state index is 0.692. The van der Waals surface area contributed by atoms with Gasteiger partial charge in [-0.25, -0.2) is 4.98 Å². The summed E-state index contributed by atoms with van der Waals surface area (Å²) in [6.07, 6.45) is 1.52. The van der Waals surface area contributed by atoms with E-state index in [0.717, 1.165) is 11.0 Å². The summed E-state index contributed by atoms with van der Waals surface area (Å²) in [6, 6.07) is 6.70. The molecule has 1 heterocycles. The van der Waals surface area contributed by atoms with Crippen LogP contribution in [-0.2, 0) is 4.79 Å². The molecule has 0 saturated heterocycles. The minimum atomic E-state index is -1.10. The number of nitrogens with zero attached hydrogens (tertiary/aromatic N) is 2. The molecule has 0 bridgehead atoms. The van der Waals surface area contributed by atoms with Crippen LogP contribution in [0.2, 0.25) is 0 Å². The van der Waals surface area contributed by atoms with E-state index in [4.69, 9.17) is 0 Å². The summed E-state index contributed by atoms with van der Waals surface area (Å²) < 4.78 is 1.59. The van der Waals surface area contributed by atoms with Crippen molar-refractivity contribution in [3.8, 4) is 0 Å². The summed E-state index contributed by atoms with van der Waals surface area (Å²) in [5.74, 6) is -1.10. The molecule has 1 aromatic carbocycles. The fraction of sp³-hybridized carbons (Fsp3) is 0.200. The number of fused-ring (bicyclic) bond motifs is 1. The Morgan fingerprint density at radius 2 is 2.21 bits per heavy atom. The summed E-state index contributed by atoms with van der Waals surface area (Å²) in [4.78, 5) is 14.8. The van der Waals surface area contributed by atoms with Crippen LogP contribution >= 0.6 is 0 Å². The second-order valence-electron chi connectivity index (χ2n) is 3.14. The third-order valence-electron chi connectivity index (χ3n) is 2.24. The molecule has 0 spiro atoms. The van der Waals surface area contributed by atoms with Crippen LogP contribution in [0, 0.1) is 0 Å². The number of carboxylic acids is 1. The van der Waals surface area contributed by atoms with Gasteiger partial charge in [0.05, 0.1) is 29.4 Å². The molecular formula is C10H9N2O2-. The van der Waals surface area contributed by atoms with Crippen LogP contribution in [-0.4, -0.2) is 15.5 Å². The number of rotatable bonds is 2. The predicted octanol–water partition coefficient (Wildman–Crippen LogP) is 0.347. The van der Waals surface area contributed by atoms with E-state index in [9.17, 15) is 9.90 Å². The van der Waals surface area contributed by atoms with E-state index in [1.54, 1.807) is 11.5 Å². The van der Waals surface area contributed by atoms with Gasteiger partial charge in [-0.15, -0.1) is 0 Å². The summed E-state index contributed by atoms with van der Waals surface area (Å²) in [7, 11) is 0. The van der Waals surface area contributed by atoms with Crippen LogP contribution in [0.25, 0.3) is 11.0 Å². The molecule has 2 rings (SSSR count). The number of hydrogen-bond acceptors (Lipinski definition) is 3. The van der Waals surface area contributed by atoms with E-state index in [0.29, 0.717) is 0 Å². The van der Waals surface area contributed by atoms with E-state index < -0.39 is 12.0 Å². The lowest BCUT2D eigenvalue weighted by atomic mass is 10.3. The zero-order valence-corrected chi connectivity index (χ0v) is 7.68. The molecule has 0 aliphatic carbocycles. The highest BCUT2D eigenvalue weighted by atomic mass is 16.4. The van der Waals surface area contributed by atoms with Gasteiger partial charge in [-0.3, -0.25) is 0 Å². The number of carbonyl (C=O) groups excluding carboxylic acids is 1. The zero-order valence-electron chi connectivity index (χ0n) is 7.68. The van der Waals surface area contributed by atoms with Crippen LogP contribution in [0.5, 0.6) is 0 Å². The van der Waals surface area contributed by atoms with Crippen molar-refractivity contribution in [1.29, 1.82) is 0 Å². The Labute approximate surface area is 80.8 Å². The number of carboxylic acid groups (broad SMARTS) is 1. The number of hydrogen-bond donors (Lipinski definition) is 0. The van der Waals surface area contributed by atoms with E-state index in [2.05, 4.69) is 4.98 Å². The van der Waals surface area contributed by atoms with Crippen molar-refractivity contribution in [2.45, 2.75) is 13.0 Å². The van der Waals surface area contributed by atoms with Gasteiger partial charge < -0.3 is 14.5 Å². The number of carbonyl (C=O) groups is 1. The third kappa shape index (κ3) is 1.25. The van der Waals surface area contributed by atoms with Gasteiger partial charge in [-0.2, -0.15) is 0 Å². The number of aromatic nitrogens is 2. The largest absolute Gasteiger partial charge is 0.548 e. The molecule has 1 unspecified atom stereocenters. The smallest absolute Gasteiger partial charge is 0.0964 e. The molecule has 0 saturated carbocycles. The lowest BCUT2D eigenvalue weighted by Gasteiger charge is -2.14. The molecule has 2 aromatic rings. The lowest BCUT2D eigenvalue weighted by Crippen LogP contribution is -2.31. The van der Waals surface area contributed by atoms with Crippen LogP contribution in [0.3, 0.4) is 0 Å². The summed E-state index contributed by atoms with van der Waals surface area (Å²) >= 11 is 0. The molecule has 0 aliphatic rings. The Hall–Kier alpha value is -1.84. The van der Waals surface area contributed by atoms with Gasteiger partial charge in [0, 0.05) is 0 Å². The molecule has 4 heteroatoms. The quantitative estimate of drug-likeness (QED) is 0.684.